The third kappa shape index (κ3) is 5.03. The van der Waals surface area contributed by atoms with Crippen LogP contribution in [0, 0.1) is 0 Å². The fourth-order valence-electron chi connectivity index (χ4n) is 3.05. The summed E-state index contributed by atoms with van der Waals surface area (Å²) in [6.07, 6.45) is -5.77. The third-order valence-electron chi connectivity index (χ3n) is 4.71. The molecule has 2 aromatic rings. The average Bonchev–Trinajstić information content (AvgIpc) is 3.30. The van der Waals surface area contributed by atoms with Gasteiger partial charge in [0.2, 0.25) is 5.95 Å². The molecule has 32 heavy (non-hydrogen) atoms. The van der Waals surface area contributed by atoms with Crippen LogP contribution in [0.2, 0.25) is 0 Å². The number of fused-ring (bicyclic) bond motifs is 1. The number of aliphatic hydroxyl groups is 4. The molecular formula is C17H23N5O10. The quantitative estimate of drug-likeness (QED) is 0.201. The Morgan fingerprint density at radius 2 is 1.91 bits per heavy atom. The molecule has 1 saturated heterocycles. The Balaban J connectivity index is 1.56. The van der Waals surface area contributed by atoms with E-state index in [4.69, 9.17) is 30.2 Å². The fourth-order valence-corrected chi connectivity index (χ4v) is 3.05. The molecule has 3 heterocycles. The van der Waals surface area contributed by atoms with Crippen molar-refractivity contribution in [3.8, 4) is 0 Å². The van der Waals surface area contributed by atoms with E-state index in [0.717, 1.165) is 0 Å². The lowest BCUT2D eigenvalue weighted by molar-refractivity contribution is -0.158. The molecule has 3 rings (SSSR count). The number of hydrogen-bond acceptors (Lipinski definition) is 13. The first-order valence-corrected chi connectivity index (χ1v) is 9.55. The molecule has 1 aliphatic rings. The van der Waals surface area contributed by atoms with Crippen molar-refractivity contribution < 1.29 is 44.2 Å². The molecule has 15 heteroatoms. The van der Waals surface area contributed by atoms with Crippen molar-refractivity contribution in [1.82, 2.24) is 19.5 Å². The van der Waals surface area contributed by atoms with Gasteiger partial charge in [-0.15, -0.1) is 0 Å². The molecule has 0 radical (unpaired) electrons. The summed E-state index contributed by atoms with van der Waals surface area (Å²) < 4.78 is 16.5. The number of nitrogens with two attached hydrogens (primary N) is 1. The molecule has 0 aliphatic carbocycles. The van der Waals surface area contributed by atoms with Gasteiger partial charge in [0, 0.05) is 0 Å². The minimum absolute atomic E-state index is 0.0303. The van der Waals surface area contributed by atoms with Gasteiger partial charge >= 0.3 is 11.9 Å². The predicted molar refractivity (Wildman–Crippen MR) is 103 cm³/mol. The Morgan fingerprint density at radius 1 is 1.22 bits per heavy atom. The van der Waals surface area contributed by atoms with Gasteiger partial charge in [-0.2, -0.15) is 4.98 Å². The normalized spacial score (nSPS) is 23.0. The molecule has 0 spiro atoms. The average molecular weight is 457 g/mol. The van der Waals surface area contributed by atoms with Crippen LogP contribution >= 0.6 is 0 Å². The van der Waals surface area contributed by atoms with Crippen molar-refractivity contribution in [1.29, 1.82) is 0 Å². The minimum atomic E-state index is -1.46. The van der Waals surface area contributed by atoms with E-state index in [-0.39, 0.29) is 30.0 Å². The zero-order valence-electron chi connectivity index (χ0n) is 16.7. The summed E-state index contributed by atoms with van der Waals surface area (Å²) in [7, 11) is 0. The predicted octanol–water partition coefficient (Wildman–Crippen LogP) is -3.46. The van der Waals surface area contributed by atoms with Gasteiger partial charge in [-0.1, -0.05) is 0 Å². The van der Waals surface area contributed by atoms with Crippen LogP contribution in [-0.2, 0) is 23.8 Å². The van der Waals surface area contributed by atoms with Crippen LogP contribution in [0.25, 0.3) is 11.2 Å². The molecule has 1 fully saturated rings. The number of ether oxygens (including phenoxy) is 3. The number of nitrogen functional groups attached to an aromatic ring is 1. The van der Waals surface area contributed by atoms with E-state index < -0.39 is 68.0 Å². The molecule has 4 atom stereocenters. The molecule has 0 unspecified atom stereocenters. The lowest BCUT2D eigenvalue weighted by Crippen LogP contribution is -2.34. The van der Waals surface area contributed by atoms with E-state index in [0.29, 0.717) is 0 Å². The lowest BCUT2D eigenvalue weighted by Gasteiger charge is -2.16. The topological polar surface area (TPSA) is 232 Å². The van der Waals surface area contributed by atoms with Gasteiger partial charge in [0.15, 0.2) is 17.4 Å². The zero-order valence-corrected chi connectivity index (χ0v) is 16.7. The van der Waals surface area contributed by atoms with Crippen molar-refractivity contribution in [2.45, 2.75) is 43.5 Å². The molecule has 0 amide bonds. The maximum Gasteiger partial charge on any atom is 0.306 e. The number of carbonyl (C=O) groups excluding carboxylic acids is 2. The molecule has 0 saturated carbocycles. The summed E-state index contributed by atoms with van der Waals surface area (Å²) in [6, 6.07) is 0. The summed E-state index contributed by atoms with van der Waals surface area (Å²) in [5.41, 5.74) is 4.93. The summed E-state index contributed by atoms with van der Waals surface area (Å²) in [6.45, 7) is -1.55. The molecule has 1 aliphatic heterocycles. The number of H-pyrrole nitrogens is 1. The number of aromatic amines is 1. The van der Waals surface area contributed by atoms with E-state index >= 15 is 0 Å². The number of imidazole rings is 1. The molecule has 0 bridgehead atoms. The highest BCUT2D eigenvalue weighted by Gasteiger charge is 2.45. The van der Waals surface area contributed by atoms with Crippen LogP contribution in [0.15, 0.2) is 11.1 Å². The second-order valence-electron chi connectivity index (χ2n) is 6.98. The number of aromatic nitrogens is 4. The van der Waals surface area contributed by atoms with Crippen LogP contribution in [0.5, 0.6) is 0 Å². The fraction of sp³-hybridized carbons (Fsp3) is 0.588. The summed E-state index contributed by atoms with van der Waals surface area (Å²) in [5.74, 6) is -1.78. The van der Waals surface area contributed by atoms with Gasteiger partial charge in [-0.05, 0) is 0 Å². The Kier molecular flexibility index (Phi) is 7.37. The number of aliphatic hydroxyl groups excluding tert-OH is 4. The van der Waals surface area contributed by atoms with Crippen LogP contribution in [0.4, 0.5) is 5.95 Å². The Bertz CT molecular complexity index is 1020. The number of nitrogens with one attached hydrogen (secondary N) is 1. The first kappa shape index (κ1) is 23.6. The zero-order chi connectivity index (χ0) is 23.4. The first-order valence-electron chi connectivity index (χ1n) is 9.55. The molecule has 2 aromatic heterocycles. The van der Waals surface area contributed by atoms with E-state index in [9.17, 15) is 24.6 Å². The van der Waals surface area contributed by atoms with Gasteiger partial charge in [0.05, 0.1) is 32.4 Å². The number of esters is 2. The van der Waals surface area contributed by atoms with Crippen molar-refractivity contribution in [2.24, 2.45) is 0 Å². The maximum absolute atomic E-state index is 11.9. The van der Waals surface area contributed by atoms with Crippen LogP contribution in [-0.4, -0.2) is 96.1 Å². The molecule has 15 nitrogen and oxygen atoms in total. The number of rotatable bonds is 9. The largest absolute Gasteiger partial charge is 0.463 e. The Hall–Kier alpha value is -3.11. The van der Waals surface area contributed by atoms with E-state index in [1.165, 1.54) is 10.9 Å². The highest BCUT2D eigenvalue weighted by Crippen LogP contribution is 2.31. The van der Waals surface area contributed by atoms with Crippen molar-refractivity contribution in [3.05, 3.63) is 16.7 Å². The van der Waals surface area contributed by atoms with Gasteiger partial charge in [-0.25, -0.2) is 4.98 Å². The summed E-state index contributed by atoms with van der Waals surface area (Å²) >= 11 is 0. The highest BCUT2D eigenvalue weighted by atomic mass is 16.6. The van der Waals surface area contributed by atoms with E-state index in [1.807, 2.05) is 0 Å². The van der Waals surface area contributed by atoms with E-state index in [2.05, 4.69) is 15.0 Å². The van der Waals surface area contributed by atoms with Crippen LogP contribution in [0.1, 0.15) is 19.1 Å². The SMILES string of the molecule is Nc1nc2c(ncn2[C@@H]2O[C@H](COC(=O)CCC(=O)OC(CO)CO)[C@@H](O)[C@H]2O)c(=O)[nH]1. The monoisotopic (exact) mass is 457 g/mol. The summed E-state index contributed by atoms with van der Waals surface area (Å²) in [5, 5.41) is 38.3. The number of carbonyl (C=O) groups is 2. The molecule has 7 N–H and O–H groups in total. The van der Waals surface area contributed by atoms with Gasteiger partial charge in [0.25, 0.3) is 5.56 Å². The molecule has 0 aromatic carbocycles. The number of anilines is 1. The van der Waals surface area contributed by atoms with Crippen molar-refractivity contribution >= 4 is 29.1 Å². The summed E-state index contributed by atoms with van der Waals surface area (Å²) in [4.78, 5) is 45.5. The molecule has 176 valence electrons. The highest BCUT2D eigenvalue weighted by molar-refractivity contribution is 5.77. The maximum atomic E-state index is 11.9. The lowest BCUT2D eigenvalue weighted by atomic mass is 10.1. The first-order chi connectivity index (χ1) is 15.2. The number of nitrogens with zero attached hydrogens (tertiary/aromatic N) is 3. The Labute approximate surface area is 179 Å². The van der Waals surface area contributed by atoms with Crippen molar-refractivity contribution in [3.63, 3.8) is 0 Å². The number of hydrogen-bond donors (Lipinski definition) is 6. The third-order valence-corrected chi connectivity index (χ3v) is 4.71. The van der Waals surface area contributed by atoms with Gasteiger partial charge in [-0.3, -0.25) is 23.9 Å². The second kappa shape index (κ2) is 10.0. The van der Waals surface area contributed by atoms with Crippen LogP contribution < -0.4 is 11.3 Å². The van der Waals surface area contributed by atoms with Crippen LogP contribution in [0.3, 0.4) is 0 Å². The van der Waals surface area contributed by atoms with Gasteiger partial charge < -0.3 is 40.4 Å². The second-order valence-corrected chi connectivity index (χ2v) is 6.98. The minimum Gasteiger partial charge on any atom is -0.463 e. The molecular weight excluding hydrogens is 434 g/mol. The van der Waals surface area contributed by atoms with Crippen molar-refractivity contribution in [2.75, 3.05) is 25.6 Å². The standard InChI is InChI=1S/C17H23N5O10/c18-17-20-14-11(15(29)21-17)19-6-22(14)16-13(28)12(27)8(32-16)5-30-9(25)1-2-10(26)31-7(3-23)4-24/h6-8,12-13,16,23-24,27-28H,1-5H2,(H3,18,20,21,29)/t8-,12-,13-,16-/m1/s1. The van der Waals surface area contributed by atoms with E-state index in [1.54, 1.807) is 0 Å². The Morgan fingerprint density at radius 3 is 2.59 bits per heavy atom. The van der Waals surface area contributed by atoms with Gasteiger partial charge in [0.1, 0.15) is 31.0 Å². The smallest absolute Gasteiger partial charge is 0.306 e.